The summed E-state index contributed by atoms with van der Waals surface area (Å²) in [5.41, 5.74) is 6.42. The Bertz CT molecular complexity index is 509. The number of carbonyl (C=O) groups is 1. The maximum atomic E-state index is 12.4. The Hall–Kier alpha value is -1.40. The number of rotatable bonds is 9. The van der Waals surface area contributed by atoms with Crippen LogP contribution < -0.4 is 10.5 Å². The van der Waals surface area contributed by atoms with Crippen molar-refractivity contribution in [2.75, 3.05) is 20.3 Å². The second-order valence-electron chi connectivity index (χ2n) is 4.28. The Morgan fingerprint density at radius 3 is 2.18 bits per heavy atom. The van der Waals surface area contributed by atoms with E-state index in [9.17, 15) is 9.36 Å². The minimum Gasteiger partial charge on any atom is -0.497 e. The monoisotopic (exact) mass is 331 g/mol. The minimum absolute atomic E-state index is 0.00871. The van der Waals surface area contributed by atoms with E-state index in [0.717, 1.165) is 5.56 Å². The predicted octanol–water partition coefficient (Wildman–Crippen LogP) is 2.29. The summed E-state index contributed by atoms with van der Waals surface area (Å²) in [7, 11) is -2.15. The fourth-order valence-electron chi connectivity index (χ4n) is 1.65. The van der Waals surface area contributed by atoms with Crippen LogP contribution in [0, 0.1) is 0 Å². The van der Waals surface area contributed by atoms with Gasteiger partial charge in [-0.05, 0) is 31.5 Å². The van der Waals surface area contributed by atoms with Crippen LogP contribution in [0.15, 0.2) is 24.3 Å². The maximum Gasteiger partial charge on any atom is 0.358 e. The summed E-state index contributed by atoms with van der Waals surface area (Å²) >= 11 is 0. The molecule has 0 aliphatic rings. The Balaban J connectivity index is 2.64. The number of hydrogen-bond acceptors (Lipinski definition) is 7. The quantitative estimate of drug-likeness (QED) is 0.547. The number of carbonyl (C=O) groups excluding carboxylic acids is 1. The van der Waals surface area contributed by atoms with Crippen LogP contribution in [-0.2, 0) is 29.8 Å². The van der Waals surface area contributed by atoms with Crippen molar-refractivity contribution >= 4 is 13.6 Å². The van der Waals surface area contributed by atoms with Gasteiger partial charge < -0.3 is 24.3 Å². The van der Waals surface area contributed by atoms with Crippen molar-refractivity contribution in [3.05, 3.63) is 29.8 Å². The van der Waals surface area contributed by atoms with Crippen LogP contribution >= 0.6 is 7.60 Å². The summed E-state index contributed by atoms with van der Waals surface area (Å²) in [6.45, 7) is 3.53. The third-order valence-electron chi connectivity index (χ3n) is 2.74. The second kappa shape index (κ2) is 8.90. The molecular formula is C14H22NO6P. The van der Waals surface area contributed by atoms with Crippen LogP contribution in [0.3, 0.4) is 0 Å². The van der Waals surface area contributed by atoms with Crippen LogP contribution in [-0.4, -0.2) is 32.1 Å². The van der Waals surface area contributed by atoms with Crippen LogP contribution in [0.25, 0.3) is 0 Å². The van der Waals surface area contributed by atoms with Crippen molar-refractivity contribution in [2.45, 2.75) is 26.2 Å². The zero-order chi connectivity index (χ0) is 16.6. The molecule has 2 N–H and O–H groups in total. The topological polar surface area (TPSA) is 97.1 Å². The summed E-state index contributed by atoms with van der Waals surface area (Å²) in [4.78, 5) is 11.9. The molecule has 0 fully saturated rings. The van der Waals surface area contributed by atoms with Gasteiger partial charge in [0.15, 0.2) is 0 Å². The first-order chi connectivity index (χ1) is 10.5. The molecule has 0 bridgehead atoms. The van der Waals surface area contributed by atoms with Crippen molar-refractivity contribution in [2.24, 2.45) is 5.73 Å². The first-order valence-electron chi connectivity index (χ1n) is 6.90. The van der Waals surface area contributed by atoms with Crippen molar-refractivity contribution in [1.82, 2.24) is 0 Å². The first-order valence-corrected chi connectivity index (χ1v) is 8.52. The maximum absolute atomic E-state index is 12.4. The normalized spacial score (nSPS) is 12.7. The zero-order valence-electron chi connectivity index (χ0n) is 13.0. The van der Waals surface area contributed by atoms with Gasteiger partial charge in [-0.2, -0.15) is 0 Å². The Labute approximate surface area is 130 Å². The number of methoxy groups -OCH3 is 1. The largest absolute Gasteiger partial charge is 0.497 e. The van der Waals surface area contributed by atoms with Gasteiger partial charge in [-0.1, -0.05) is 12.1 Å². The molecule has 0 spiro atoms. The molecule has 0 heterocycles. The smallest absolute Gasteiger partial charge is 0.358 e. The average molecular weight is 331 g/mol. The molecule has 1 aromatic rings. The van der Waals surface area contributed by atoms with Crippen LogP contribution in [0.1, 0.15) is 19.4 Å². The molecule has 124 valence electrons. The standard InChI is InChI=1S/C14H22NO6P/c1-4-20-22(17,21-5-2)13(15)14(16)19-10-11-6-8-12(18-3)9-7-11/h6-9,13H,4-5,10,15H2,1-3H3/t13-/m0/s1. The first kappa shape index (κ1) is 18.6. The van der Waals surface area contributed by atoms with E-state index in [4.69, 9.17) is 24.3 Å². The number of esters is 1. The number of ether oxygens (including phenoxy) is 2. The fourth-order valence-corrected chi connectivity index (χ4v) is 3.10. The highest BCUT2D eigenvalue weighted by molar-refractivity contribution is 7.55. The summed E-state index contributed by atoms with van der Waals surface area (Å²) in [5.74, 6) is -1.60. The van der Waals surface area contributed by atoms with Crippen LogP contribution in [0.2, 0.25) is 0 Å². The average Bonchev–Trinajstić information content (AvgIpc) is 2.52. The van der Waals surface area contributed by atoms with Gasteiger partial charge in [0, 0.05) is 0 Å². The second-order valence-corrected chi connectivity index (χ2v) is 6.43. The van der Waals surface area contributed by atoms with E-state index in [0.29, 0.717) is 5.75 Å². The number of benzene rings is 1. The van der Waals surface area contributed by atoms with Crippen LogP contribution in [0.5, 0.6) is 5.75 Å². The molecular weight excluding hydrogens is 309 g/mol. The zero-order valence-corrected chi connectivity index (χ0v) is 13.9. The molecule has 7 nitrogen and oxygen atoms in total. The molecule has 0 radical (unpaired) electrons. The lowest BCUT2D eigenvalue weighted by molar-refractivity contribution is -0.144. The molecule has 0 unspecified atom stereocenters. The van der Waals surface area contributed by atoms with Gasteiger partial charge in [0.05, 0.1) is 20.3 Å². The molecule has 0 aliphatic heterocycles. The third-order valence-corrected chi connectivity index (χ3v) is 4.87. The third kappa shape index (κ3) is 5.10. The van der Waals surface area contributed by atoms with Gasteiger partial charge in [-0.15, -0.1) is 0 Å². The van der Waals surface area contributed by atoms with Crippen LogP contribution in [0.4, 0.5) is 0 Å². The SMILES string of the molecule is CCOP(=O)(OCC)[C@H](N)C(=O)OCc1ccc(OC)cc1. The number of nitrogens with two attached hydrogens (primary N) is 1. The number of hydrogen-bond donors (Lipinski definition) is 1. The van der Waals surface area contributed by atoms with E-state index in [1.807, 2.05) is 0 Å². The van der Waals surface area contributed by atoms with E-state index < -0.39 is 19.3 Å². The molecule has 1 rings (SSSR count). The Kier molecular flexibility index (Phi) is 7.55. The highest BCUT2D eigenvalue weighted by Gasteiger charge is 2.39. The van der Waals surface area contributed by atoms with Gasteiger partial charge in [0.2, 0.25) is 5.78 Å². The lowest BCUT2D eigenvalue weighted by Gasteiger charge is -2.21. The molecule has 0 saturated carbocycles. The van der Waals surface area contributed by atoms with Crippen molar-refractivity contribution in [3.63, 3.8) is 0 Å². The van der Waals surface area contributed by atoms with Gasteiger partial charge in [-0.3, -0.25) is 4.57 Å². The fraction of sp³-hybridized carbons (Fsp3) is 0.500. The molecule has 0 aliphatic carbocycles. The lowest BCUT2D eigenvalue weighted by Crippen LogP contribution is -2.33. The van der Waals surface area contributed by atoms with Crippen molar-refractivity contribution < 1.29 is 27.9 Å². The van der Waals surface area contributed by atoms with Gasteiger partial charge >= 0.3 is 13.6 Å². The molecule has 22 heavy (non-hydrogen) atoms. The van der Waals surface area contributed by atoms with E-state index in [1.165, 1.54) is 0 Å². The highest BCUT2D eigenvalue weighted by atomic mass is 31.2. The Morgan fingerprint density at radius 2 is 1.73 bits per heavy atom. The van der Waals surface area contributed by atoms with E-state index in [-0.39, 0.29) is 19.8 Å². The van der Waals surface area contributed by atoms with Gasteiger partial charge in [0.25, 0.3) is 0 Å². The minimum atomic E-state index is -3.72. The van der Waals surface area contributed by atoms with E-state index >= 15 is 0 Å². The summed E-state index contributed by atoms with van der Waals surface area (Å²) < 4.78 is 32.5. The molecule has 0 saturated heterocycles. The lowest BCUT2D eigenvalue weighted by atomic mass is 10.2. The van der Waals surface area contributed by atoms with E-state index in [1.54, 1.807) is 45.2 Å². The molecule has 1 atom stereocenters. The predicted molar refractivity (Wildman–Crippen MR) is 81.6 cm³/mol. The summed E-state index contributed by atoms with van der Waals surface area (Å²) in [5, 5.41) is 0. The van der Waals surface area contributed by atoms with Crippen molar-refractivity contribution in [1.29, 1.82) is 0 Å². The van der Waals surface area contributed by atoms with Crippen molar-refractivity contribution in [3.8, 4) is 5.75 Å². The molecule has 0 amide bonds. The molecule has 1 aromatic carbocycles. The molecule has 0 aromatic heterocycles. The van der Waals surface area contributed by atoms with Gasteiger partial charge in [-0.25, -0.2) is 4.79 Å². The summed E-state index contributed by atoms with van der Waals surface area (Å²) in [6.07, 6.45) is 0. The summed E-state index contributed by atoms with van der Waals surface area (Å²) in [6, 6.07) is 6.99. The Morgan fingerprint density at radius 1 is 1.18 bits per heavy atom. The van der Waals surface area contributed by atoms with E-state index in [2.05, 4.69) is 0 Å². The highest BCUT2D eigenvalue weighted by Crippen LogP contribution is 2.51. The van der Waals surface area contributed by atoms with Gasteiger partial charge in [0.1, 0.15) is 12.4 Å². The molecule has 8 heteroatoms.